The third kappa shape index (κ3) is 2.96. The van der Waals surface area contributed by atoms with Gasteiger partial charge >= 0.3 is 0 Å². The Bertz CT molecular complexity index is 525. The van der Waals surface area contributed by atoms with Crippen molar-refractivity contribution < 1.29 is 4.79 Å². The largest absolute Gasteiger partial charge is 0.326 e. The monoisotopic (exact) mass is 243 g/mol. The van der Waals surface area contributed by atoms with Gasteiger partial charge in [0, 0.05) is 21.9 Å². The van der Waals surface area contributed by atoms with Gasteiger partial charge in [0.15, 0.2) is 6.29 Å². The number of carbonyl (C=O) groups is 1. The van der Waals surface area contributed by atoms with Gasteiger partial charge in [-0.3, -0.25) is 4.79 Å². The van der Waals surface area contributed by atoms with Crippen molar-refractivity contribution in [1.29, 1.82) is 0 Å². The van der Waals surface area contributed by atoms with Crippen LogP contribution in [0.3, 0.4) is 0 Å². The summed E-state index contributed by atoms with van der Waals surface area (Å²) in [7, 11) is 0. The maximum atomic E-state index is 10.9. The van der Waals surface area contributed by atoms with Gasteiger partial charge in [0.2, 0.25) is 0 Å². The summed E-state index contributed by atoms with van der Waals surface area (Å²) in [5.41, 5.74) is 7.42. The maximum Gasteiger partial charge on any atom is 0.151 e. The van der Waals surface area contributed by atoms with E-state index in [9.17, 15) is 4.79 Å². The van der Waals surface area contributed by atoms with Crippen molar-refractivity contribution >= 4 is 18.0 Å². The van der Waals surface area contributed by atoms with Gasteiger partial charge < -0.3 is 5.73 Å². The first kappa shape index (κ1) is 11.9. The van der Waals surface area contributed by atoms with Crippen LogP contribution in [0.4, 0.5) is 0 Å². The van der Waals surface area contributed by atoms with Crippen molar-refractivity contribution in [1.82, 2.24) is 0 Å². The lowest BCUT2D eigenvalue weighted by Crippen LogP contribution is -1.95. The van der Waals surface area contributed by atoms with Crippen LogP contribution < -0.4 is 5.73 Å². The number of hydrogen-bond acceptors (Lipinski definition) is 3. The van der Waals surface area contributed by atoms with E-state index in [-0.39, 0.29) is 0 Å². The molecule has 0 aliphatic carbocycles. The highest BCUT2D eigenvalue weighted by atomic mass is 32.2. The maximum absolute atomic E-state index is 10.9. The minimum absolute atomic E-state index is 0.531. The second-order valence-electron chi connectivity index (χ2n) is 3.61. The minimum atomic E-state index is 0.531. The molecule has 2 aromatic rings. The zero-order chi connectivity index (χ0) is 12.1. The molecule has 3 heteroatoms. The van der Waals surface area contributed by atoms with Crippen molar-refractivity contribution in [3.63, 3.8) is 0 Å². The molecule has 0 heterocycles. The Hall–Kier alpha value is -1.58. The third-order valence-corrected chi connectivity index (χ3v) is 3.49. The summed E-state index contributed by atoms with van der Waals surface area (Å²) in [6, 6.07) is 15.6. The third-order valence-electron chi connectivity index (χ3n) is 2.41. The SMILES string of the molecule is NCc1cccc(Sc2ccccc2C=O)c1. The molecular weight excluding hydrogens is 230 g/mol. The molecule has 0 unspecified atom stereocenters. The topological polar surface area (TPSA) is 43.1 Å². The minimum Gasteiger partial charge on any atom is -0.326 e. The highest BCUT2D eigenvalue weighted by Crippen LogP contribution is 2.30. The fourth-order valence-electron chi connectivity index (χ4n) is 1.53. The Balaban J connectivity index is 2.27. The van der Waals surface area contributed by atoms with Crippen molar-refractivity contribution in [2.45, 2.75) is 16.3 Å². The molecular formula is C14H13NOS. The van der Waals surface area contributed by atoms with Crippen LogP contribution >= 0.6 is 11.8 Å². The van der Waals surface area contributed by atoms with Crippen LogP contribution in [0.2, 0.25) is 0 Å². The van der Waals surface area contributed by atoms with Gasteiger partial charge in [-0.1, -0.05) is 42.1 Å². The predicted molar refractivity (Wildman–Crippen MR) is 70.3 cm³/mol. The number of carbonyl (C=O) groups excluding carboxylic acids is 1. The van der Waals surface area contributed by atoms with Crippen LogP contribution in [0.5, 0.6) is 0 Å². The molecule has 0 bridgehead atoms. The summed E-state index contributed by atoms with van der Waals surface area (Å²) >= 11 is 1.58. The summed E-state index contributed by atoms with van der Waals surface area (Å²) in [4.78, 5) is 13.0. The smallest absolute Gasteiger partial charge is 0.151 e. The molecule has 0 aliphatic rings. The number of aldehydes is 1. The molecule has 86 valence electrons. The second kappa shape index (κ2) is 5.66. The number of hydrogen-bond donors (Lipinski definition) is 1. The van der Waals surface area contributed by atoms with Crippen LogP contribution in [0.15, 0.2) is 58.3 Å². The van der Waals surface area contributed by atoms with E-state index in [1.54, 1.807) is 11.8 Å². The number of rotatable bonds is 4. The van der Waals surface area contributed by atoms with Crippen molar-refractivity contribution in [2.24, 2.45) is 5.73 Å². The summed E-state index contributed by atoms with van der Waals surface area (Å²) in [6.07, 6.45) is 0.884. The van der Waals surface area contributed by atoms with E-state index in [0.29, 0.717) is 6.54 Å². The summed E-state index contributed by atoms with van der Waals surface area (Å²) in [6.45, 7) is 0.531. The fourth-order valence-corrected chi connectivity index (χ4v) is 2.53. The van der Waals surface area contributed by atoms with Crippen LogP contribution in [0, 0.1) is 0 Å². The first-order valence-electron chi connectivity index (χ1n) is 5.34. The van der Waals surface area contributed by atoms with Gasteiger partial charge in [0.1, 0.15) is 0 Å². The lowest BCUT2D eigenvalue weighted by molar-refractivity contribution is 0.112. The van der Waals surface area contributed by atoms with Gasteiger partial charge in [-0.15, -0.1) is 0 Å². The van der Waals surface area contributed by atoms with Gasteiger partial charge in [0.05, 0.1) is 0 Å². The highest BCUT2D eigenvalue weighted by molar-refractivity contribution is 7.99. The van der Waals surface area contributed by atoms with E-state index in [1.165, 1.54) is 0 Å². The first-order valence-corrected chi connectivity index (χ1v) is 6.16. The van der Waals surface area contributed by atoms with Crippen molar-refractivity contribution in [3.05, 3.63) is 59.7 Å². The molecule has 0 saturated carbocycles. The molecule has 17 heavy (non-hydrogen) atoms. The molecule has 0 saturated heterocycles. The standard InChI is InChI=1S/C14H13NOS/c15-9-11-4-3-6-13(8-11)17-14-7-2-1-5-12(14)10-16/h1-8,10H,9,15H2. The Morgan fingerprint density at radius 3 is 2.71 bits per heavy atom. The molecule has 2 N–H and O–H groups in total. The van der Waals surface area contributed by atoms with E-state index in [4.69, 9.17) is 5.73 Å². The molecule has 0 amide bonds. The molecule has 2 aromatic carbocycles. The van der Waals surface area contributed by atoms with E-state index in [1.807, 2.05) is 48.5 Å². The number of benzene rings is 2. The summed E-state index contributed by atoms with van der Waals surface area (Å²) in [5.74, 6) is 0. The van der Waals surface area contributed by atoms with Crippen LogP contribution in [0.25, 0.3) is 0 Å². The normalized spacial score (nSPS) is 10.2. The quantitative estimate of drug-likeness (QED) is 0.839. The van der Waals surface area contributed by atoms with E-state index < -0.39 is 0 Å². The lowest BCUT2D eigenvalue weighted by Gasteiger charge is -2.05. The van der Waals surface area contributed by atoms with E-state index in [0.717, 1.165) is 27.2 Å². The second-order valence-corrected chi connectivity index (χ2v) is 4.72. The van der Waals surface area contributed by atoms with Crippen LogP contribution in [-0.4, -0.2) is 6.29 Å². The van der Waals surface area contributed by atoms with Crippen molar-refractivity contribution in [2.75, 3.05) is 0 Å². The average molecular weight is 243 g/mol. The molecule has 0 radical (unpaired) electrons. The number of nitrogens with two attached hydrogens (primary N) is 1. The summed E-state index contributed by atoms with van der Waals surface area (Å²) in [5, 5.41) is 0. The molecule has 0 spiro atoms. The molecule has 2 nitrogen and oxygen atoms in total. The van der Waals surface area contributed by atoms with Gasteiger partial charge in [-0.25, -0.2) is 0 Å². The first-order chi connectivity index (χ1) is 8.33. The zero-order valence-corrected chi connectivity index (χ0v) is 10.1. The fraction of sp³-hybridized carbons (Fsp3) is 0.0714. The van der Waals surface area contributed by atoms with Crippen molar-refractivity contribution in [3.8, 4) is 0 Å². The molecule has 2 rings (SSSR count). The van der Waals surface area contributed by atoms with E-state index in [2.05, 4.69) is 0 Å². The molecule has 0 fully saturated rings. The van der Waals surface area contributed by atoms with Crippen LogP contribution in [-0.2, 0) is 6.54 Å². The molecule has 0 atom stereocenters. The Morgan fingerprint density at radius 2 is 1.94 bits per heavy atom. The average Bonchev–Trinajstić information content (AvgIpc) is 2.39. The Labute approximate surface area is 105 Å². The predicted octanol–water partition coefficient (Wildman–Crippen LogP) is 3.11. The van der Waals surface area contributed by atoms with Gasteiger partial charge in [-0.2, -0.15) is 0 Å². The van der Waals surface area contributed by atoms with Crippen LogP contribution in [0.1, 0.15) is 15.9 Å². The lowest BCUT2D eigenvalue weighted by atomic mass is 10.2. The van der Waals surface area contributed by atoms with Gasteiger partial charge in [0.25, 0.3) is 0 Å². The Morgan fingerprint density at radius 1 is 1.12 bits per heavy atom. The highest BCUT2D eigenvalue weighted by Gasteiger charge is 2.03. The van der Waals surface area contributed by atoms with E-state index >= 15 is 0 Å². The molecule has 0 aliphatic heterocycles. The van der Waals surface area contributed by atoms with Gasteiger partial charge in [-0.05, 0) is 23.8 Å². The summed E-state index contributed by atoms with van der Waals surface area (Å²) < 4.78 is 0. The molecule has 0 aromatic heterocycles. The zero-order valence-electron chi connectivity index (χ0n) is 9.30. The Kier molecular flexibility index (Phi) is 3.96.